The molecular formula is C13H17N3O. The summed E-state index contributed by atoms with van der Waals surface area (Å²) in [6.45, 7) is 4.06. The maximum atomic E-state index is 5.79. The fourth-order valence-electron chi connectivity index (χ4n) is 2.04. The zero-order valence-electron chi connectivity index (χ0n) is 10.6. The molecule has 90 valence electrons. The molecule has 0 saturated carbocycles. The number of aryl methyl sites for hydroxylation is 3. The molecule has 0 aliphatic rings. The van der Waals surface area contributed by atoms with Crippen LogP contribution in [0.1, 0.15) is 11.1 Å². The van der Waals surface area contributed by atoms with Crippen LogP contribution in [-0.4, -0.2) is 16.9 Å². The third-order valence-corrected chi connectivity index (χ3v) is 2.88. The van der Waals surface area contributed by atoms with Gasteiger partial charge in [-0.2, -0.15) is 5.10 Å². The Morgan fingerprint density at radius 1 is 1.18 bits per heavy atom. The number of ether oxygens (including phenoxy) is 1. The number of aromatic nitrogens is 2. The summed E-state index contributed by atoms with van der Waals surface area (Å²) >= 11 is 0. The largest absolute Gasteiger partial charge is 0.496 e. The van der Waals surface area contributed by atoms with E-state index in [2.05, 4.69) is 17.2 Å². The van der Waals surface area contributed by atoms with Crippen molar-refractivity contribution in [2.75, 3.05) is 12.8 Å². The molecule has 0 saturated heterocycles. The first-order chi connectivity index (χ1) is 8.02. The van der Waals surface area contributed by atoms with Gasteiger partial charge >= 0.3 is 0 Å². The number of anilines is 1. The molecule has 0 spiro atoms. The number of nitrogens with two attached hydrogens (primary N) is 1. The van der Waals surface area contributed by atoms with Crippen molar-refractivity contribution in [1.82, 2.24) is 9.78 Å². The summed E-state index contributed by atoms with van der Waals surface area (Å²) < 4.78 is 7.02. The summed E-state index contributed by atoms with van der Waals surface area (Å²) in [5, 5.41) is 4.37. The maximum absolute atomic E-state index is 5.79. The van der Waals surface area contributed by atoms with Gasteiger partial charge in [-0.3, -0.25) is 4.68 Å². The van der Waals surface area contributed by atoms with Crippen molar-refractivity contribution in [2.45, 2.75) is 13.8 Å². The van der Waals surface area contributed by atoms with E-state index < -0.39 is 0 Å². The second-order valence-electron chi connectivity index (χ2n) is 4.22. The molecule has 4 heteroatoms. The molecule has 0 amide bonds. The first-order valence-corrected chi connectivity index (χ1v) is 5.48. The van der Waals surface area contributed by atoms with E-state index in [4.69, 9.17) is 10.5 Å². The molecule has 0 aliphatic heterocycles. The van der Waals surface area contributed by atoms with Crippen LogP contribution in [-0.2, 0) is 7.05 Å². The maximum Gasteiger partial charge on any atom is 0.124 e. The van der Waals surface area contributed by atoms with E-state index in [9.17, 15) is 0 Å². The lowest BCUT2D eigenvalue weighted by Crippen LogP contribution is -1.96. The highest BCUT2D eigenvalue weighted by Crippen LogP contribution is 2.29. The van der Waals surface area contributed by atoms with E-state index in [1.165, 1.54) is 0 Å². The van der Waals surface area contributed by atoms with Gasteiger partial charge in [-0.05, 0) is 37.1 Å². The average Bonchev–Trinajstić information content (AvgIpc) is 2.59. The van der Waals surface area contributed by atoms with Crippen LogP contribution in [0.15, 0.2) is 18.2 Å². The molecule has 0 aliphatic carbocycles. The summed E-state index contributed by atoms with van der Waals surface area (Å²) in [5.41, 5.74) is 9.94. The predicted molar refractivity (Wildman–Crippen MR) is 69.1 cm³/mol. The fourth-order valence-corrected chi connectivity index (χ4v) is 2.04. The number of rotatable bonds is 2. The molecule has 0 radical (unpaired) electrons. The van der Waals surface area contributed by atoms with Crippen molar-refractivity contribution in [3.63, 3.8) is 0 Å². The van der Waals surface area contributed by atoms with Crippen molar-refractivity contribution in [2.24, 2.45) is 7.05 Å². The average molecular weight is 231 g/mol. The van der Waals surface area contributed by atoms with Gasteiger partial charge < -0.3 is 10.5 Å². The minimum absolute atomic E-state index is 0.658. The summed E-state index contributed by atoms with van der Waals surface area (Å²) in [6, 6.07) is 6.00. The van der Waals surface area contributed by atoms with Crippen molar-refractivity contribution in [3.8, 4) is 17.0 Å². The topological polar surface area (TPSA) is 53.1 Å². The van der Waals surface area contributed by atoms with Gasteiger partial charge in [0, 0.05) is 18.7 Å². The summed E-state index contributed by atoms with van der Waals surface area (Å²) in [5.74, 6) is 1.59. The predicted octanol–water partition coefficient (Wildman–Crippen LogP) is 2.29. The third-order valence-electron chi connectivity index (χ3n) is 2.88. The Morgan fingerprint density at radius 3 is 2.18 bits per heavy atom. The van der Waals surface area contributed by atoms with Crippen LogP contribution in [0.5, 0.6) is 5.75 Å². The molecule has 4 nitrogen and oxygen atoms in total. The molecule has 0 bridgehead atoms. The molecule has 0 unspecified atom stereocenters. The smallest absolute Gasteiger partial charge is 0.124 e. The molecule has 17 heavy (non-hydrogen) atoms. The van der Waals surface area contributed by atoms with E-state index in [1.54, 1.807) is 11.8 Å². The highest BCUT2D eigenvalue weighted by atomic mass is 16.5. The van der Waals surface area contributed by atoms with E-state index in [1.807, 2.05) is 27.0 Å². The Kier molecular flexibility index (Phi) is 2.79. The second-order valence-corrected chi connectivity index (χ2v) is 4.22. The molecule has 0 fully saturated rings. The van der Waals surface area contributed by atoms with E-state index >= 15 is 0 Å². The lowest BCUT2D eigenvalue weighted by Gasteiger charge is -2.10. The van der Waals surface area contributed by atoms with Crippen LogP contribution >= 0.6 is 0 Å². The van der Waals surface area contributed by atoms with Gasteiger partial charge in [0.15, 0.2) is 0 Å². The minimum atomic E-state index is 0.658. The minimum Gasteiger partial charge on any atom is -0.496 e. The molecule has 2 aromatic rings. The van der Waals surface area contributed by atoms with Crippen LogP contribution in [0, 0.1) is 13.8 Å². The fraction of sp³-hybridized carbons (Fsp3) is 0.308. The molecular weight excluding hydrogens is 214 g/mol. The zero-order valence-corrected chi connectivity index (χ0v) is 10.6. The molecule has 2 rings (SSSR count). The molecule has 1 aromatic heterocycles. The Morgan fingerprint density at radius 2 is 1.76 bits per heavy atom. The first kappa shape index (κ1) is 11.5. The van der Waals surface area contributed by atoms with Crippen LogP contribution in [0.4, 0.5) is 5.82 Å². The number of benzene rings is 1. The van der Waals surface area contributed by atoms with Gasteiger partial charge in [0.05, 0.1) is 12.8 Å². The molecule has 2 N–H and O–H groups in total. The summed E-state index contributed by atoms with van der Waals surface area (Å²) in [4.78, 5) is 0. The van der Waals surface area contributed by atoms with Gasteiger partial charge in [-0.25, -0.2) is 0 Å². The number of hydrogen-bond acceptors (Lipinski definition) is 3. The van der Waals surface area contributed by atoms with Gasteiger partial charge in [-0.15, -0.1) is 0 Å². The number of nitrogen functional groups attached to an aromatic ring is 1. The van der Waals surface area contributed by atoms with Crippen LogP contribution in [0.3, 0.4) is 0 Å². The van der Waals surface area contributed by atoms with E-state index in [-0.39, 0.29) is 0 Å². The lowest BCUT2D eigenvalue weighted by molar-refractivity contribution is 0.408. The quantitative estimate of drug-likeness (QED) is 0.862. The van der Waals surface area contributed by atoms with Crippen molar-refractivity contribution in [1.29, 1.82) is 0 Å². The summed E-state index contributed by atoms with van der Waals surface area (Å²) in [7, 11) is 3.52. The normalized spacial score (nSPS) is 10.6. The van der Waals surface area contributed by atoms with Crippen LogP contribution in [0.2, 0.25) is 0 Å². The van der Waals surface area contributed by atoms with Crippen molar-refractivity contribution < 1.29 is 4.74 Å². The number of nitrogens with zero attached hydrogens (tertiary/aromatic N) is 2. The standard InChI is InChI=1S/C13H17N3O/c1-8-5-10(6-9(2)13(8)17-4)11-7-12(14)16(3)15-11/h5-7H,14H2,1-4H3. The van der Waals surface area contributed by atoms with Gasteiger partial charge in [0.1, 0.15) is 11.6 Å². The molecule has 0 atom stereocenters. The highest BCUT2D eigenvalue weighted by Gasteiger charge is 2.09. The Labute approximate surface area is 101 Å². The van der Waals surface area contributed by atoms with Crippen LogP contribution in [0.25, 0.3) is 11.3 Å². The Balaban J connectivity index is 2.54. The monoisotopic (exact) mass is 231 g/mol. The van der Waals surface area contributed by atoms with Gasteiger partial charge in [0.25, 0.3) is 0 Å². The number of hydrogen-bond donors (Lipinski definition) is 1. The SMILES string of the molecule is COc1c(C)cc(-c2cc(N)n(C)n2)cc1C. The van der Waals surface area contributed by atoms with Crippen molar-refractivity contribution in [3.05, 3.63) is 29.3 Å². The van der Waals surface area contributed by atoms with Crippen molar-refractivity contribution >= 4 is 5.82 Å². The van der Waals surface area contributed by atoms with Crippen LogP contribution < -0.4 is 10.5 Å². The number of methoxy groups -OCH3 is 1. The lowest BCUT2D eigenvalue weighted by atomic mass is 10.0. The second kappa shape index (κ2) is 4.13. The third kappa shape index (κ3) is 1.98. The first-order valence-electron chi connectivity index (χ1n) is 5.48. The van der Waals surface area contributed by atoms with Gasteiger partial charge in [-0.1, -0.05) is 0 Å². The Bertz CT molecular complexity index is 515. The van der Waals surface area contributed by atoms with E-state index in [0.29, 0.717) is 5.82 Å². The molecule has 1 heterocycles. The zero-order chi connectivity index (χ0) is 12.6. The summed E-state index contributed by atoms with van der Waals surface area (Å²) in [6.07, 6.45) is 0. The molecule has 1 aromatic carbocycles. The van der Waals surface area contributed by atoms with Gasteiger partial charge in [0.2, 0.25) is 0 Å². The highest BCUT2D eigenvalue weighted by molar-refractivity contribution is 5.66. The Hall–Kier alpha value is -1.97. The van der Waals surface area contributed by atoms with E-state index in [0.717, 1.165) is 28.1 Å².